The van der Waals surface area contributed by atoms with Crippen LogP contribution in [0.4, 0.5) is 0 Å². The molecular formula is C43H73N3O34S2-2. The number of aliphatic carboxylic acids is 2. The molecule has 5 aliphatic heterocycles. The number of hydrogen-bond donors (Lipinski definition) is 9. The van der Waals surface area contributed by atoms with Crippen molar-refractivity contribution in [3.05, 3.63) is 0 Å². The topological polar surface area (TPSA) is 526 Å². The lowest BCUT2D eigenvalue weighted by atomic mass is 9.92. The lowest BCUT2D eigenvalue weighted by Gasteiger charge is -2.51. The van der Waals surface area contributed by atoms with Crippen LogP contribution in [-0.2, 0) is 124 Å². The quantitative estimate of drug-likeness (QED) is 0.0238. The molecule has 5 fully saturated rings. The van der Waals surface area contributed by atoms with Crippen molar-refractivity contribution in [2.24, 2.45) is 11.5 Å². The average molecular weight is 1240 g/mol. The van der Waals surface area contributed by atoms with E-state index in [2.05, 4.69) is 9.50 Å². The maximum Gasteiger partial charge on any atom is 0.335 e. The Balaban J connectivity index is 1.40. The zero-order valence-corrected chi connectivity index (χ0v) is 47.0. The summed E-state index contributed by atoms with van der Waals surface area (Å²) in [5.41, 5.74) is 11.1. The Morgan fingerprint density at radius 2 is 0.915 bits per heavy atom. The molecule has 39 heteroatoms. The molecular weight excluding hydrogens is 1170 g/mol. The lowest BCUT2D eigenvalue weighted by molar-refractivity contribution is -0.390. The van der Waals surface area contributed by atoms with E-state index < -0.39 is 218 Å². The second-order valence-electron chi connectivity index (χ2n) is 18.8. The Hall–Kier alpha value is -2.77. The second kappa shape index (κ2) is 31.2. The minimum absolute atomic E-state index is 0.255. The molecule has 0 aliphatic carbocycles. The highest BCUT2D eigenvalue weighted by atomic mass is 32.3. The number of nitrogens with two attached hydrogens (primary N) is 2. The van der Waals surface area contributed by atoms with Gasteiger partial charge in [0.15, 0.2) is 37.4 Å². The zero-order chi connectivity index (χ0) is 61.1. The number of rotatable bonds is 30. The number of aliphatic hydroxyl groups excluding tert-OH is 4. The van der Waals surface area contributed by atoms with E-state index in [-0.39, 0.29) is 19.5 Å². The van der Waals surface area contributed by atoms with Gasteiger partial charge in [-0.05, 0) is 6.42 Å². The number of methoxy groups -OCH3 is 8. The van der Waals surface area contributed by atoms with Crippen molar-refractivity contribution in [3.63, 3.8) is 0 Å². The molecule has 0 saturated carbocycles. The molecule has 0 radical (unpaired) electrons. The molecule has 0 spiro atoms. The van der Waals surface area contributed by atoms with Crippen molar-refractivity contribution in [1.29, 1.82) is 0 Å². The van der Waals surface area contributed by atoms with Crippen molar-refractivity contribution in [2.75, 3.05) is 89.8 Å². The van der Waals surface area contributed by atoms with Gasteiger partial charge in [0.05, 0.1) is 32.0 Å². The fraction of sp³-hybridized carbons (Fsp3) is 0.930. The summed E-state index contributed by atoms with van der Waals surface area (Å²) in [6, 6.07) is -1.15. The largest absolute Gasteiger partial charge is 0.726 e. The van der Waals surface area contributed by atoms with Gasteiger partial charge in [0.25, 0.3) is 0 Å². The molecule has 0 aromatic heterocycles. The van der Waals surface area contributed by atoms with Gasteiger partial charge >= 0.3 is 11.9 Å². The Morgan fingerprint density at radius 3 is 1.34 bits per heavy atom. The number of carboxylic acids is 2. The number of carbonyl (C=O) groups is 3. The van der Waals surface area contributed by atoms with E-state index in [1.165, 1.54) is 28.4 Å². The lowest BCUT2D eigenvalue weighted by Crippen LogP contribution is -2.69. The van der Waals surface area contributed by atoms with E-state index in [0.29, 0.717) is 0 Å². The molecule has 37 nitrogen and oxygen atoms in total. The van der Waals surface area contributed by atoms with Gasteiger partial charge in [-0.15, -0.1) is 0 Å². The third kappa shape index (κ3) is 16.6. The summed E-state index contributed by atoms with van der Waals surface area (Å²) in [6.07, 6.45) is -43.4. The molecule has 0 aromatic rings. The first-order valence-corrected chi connectivity index (χ1v) is 27.5. The van der Waals surface area contributed by atoms with Crippen molar-refractivity contribution in [2.45, 2.75) is 166 Å². The Kier molecular flexibility index (Phi) is 26.7. The van der Waals surface area contributed by atoms with E-state index in [1.54, 1.807) is 0 Å². The number of amides is 1. The van der Waals surface area contributed by atoms with E-state index >= 15 is 0 Å². The van der Waals surface area contributed by atoms with Crippen LogP contribution in [0.5, 0.6) is 0 Å². The highest BCUT2D eigenvalue weighted by Crippen LogP contribution is 2.39. The van der Waals surface area contributed by atoms with Crippen molar-refractivity contribution >= 4 is 38.6 Å². The van der Waals surface area contributed by atoms with E-state index in [4.69, 9.17) is 96.2 Å². The number of ether oxygens (including phenoxy) is 17. The predicted octanol–water partition coefficient (Wildman–Crippen LogP) is -8.70. The molecule has 5 rings (SSSR count). The van der Waals surface area contributed by atoms with E-state index in [9.17, 15) is 71.0 Å². The van der Waals surface area contributed by atoms with Crippen LogP contribution in [0.15, 0.2) is 0 Å². The number of aliphatic hydroxyl groups is 4. The minimum atomic E-state index is -5.77. The van der Waals surface area contributed by atoms with Gasteiger partial charge in [0.2, 0.25) is 26.7 Å². The summed E-state index contributed by atoms with van der Waals surface area (Å²) in [5, 5.41) is 67.6. The molecule has 5 aliphatic rings. The molecule has 5 heterocycles. The summed E-state index contributed by atoms with van der Waals surface area (Å²) in [4.78, 5) is 38.4. The summed E-state index contributed by atoms with van der Waals surface area (Å²) >= 11 is 0. The fourth-order valence-electron chi connectivity index (χ4n) is 10.2. The SMILES string of the molecule is CO[C@@H]1[C@@H](OC)[C@H](O[C@H]2[C@H](O)[C@@H](O)[C@@H](O[C@H]3[C@H](OC)[C@@H](OC)[C@H](O[C@H]4[C@H](OS(=O)(=O)[O-])[C@@H](OC)[C@@H](CCNC(=O)[C@H](N)CN)O[C@@H]4COS(=O)(=O)[O-])O[C@H]3C(=O)O)O[C@@H]2CO)O[C@H](C(=O)O)[C@H]1O[C@H]1O[C@H](CO)[C@@H](OC)[C@H](OC)[C@H]1OC. The molecule has 5 saturated heterocycles. The van der Waals surface area contributed by atoms with Gasteiger partial charge in [-0.2, -0.15) is 0 Å². The maximum absolute atomic E-state index is 13.1. The maximum atomic E-state index is 13.1. The van der Waals surface area contributed by atoms with Crippen molar-refractivity contribution in [3.8, 4) is 0 Å². The number of nitrogens with one attached hydrogen (secondary N) is 1. The van der Waals surface area contributed by atoms with Gasteiger partial charge in [0.1, 0.15) is 110 Å². The highest BCUT2D eigenvalue weighted by Gasteiger charge is 2.60. The van der Waals surface area contributed by atoms with Gasteiger partial charge in [-0.1, -0.05) is 0 Å². The Labute approximate surface area is 469 Å². The van der Waals surface area contributed by atoms with Crippen LogP contribution in [-0.4, -0.2) is 324 Å². The van der Waals surface area contributed by atoms with Crippen molar-refractivity contribution in [1.82, 2.24) is 5.32 Å². The monoisotopic (exact) mass is 1240 g/mol. The van der Waals surface area contributed by atoms with Crippen LogP contribution in [0.2, 0.25) is 0 Å². The van der Waals surface area contributed by atoms with Crippen LogP contribution >= 0.6 is 0 Å². The molecule has 0 aromatic carbocycles. The van der Waals surface area contributed by atoms with Crippen LogP contribution in [0.1, 0.15) is 6.42 Å². The molecule has 0 unspecified atom stereocenters. The highest BCUT2D eigenvalue weighted by molar-refractivity contribution is 7.81. The summed E-state index contributed by atoms with van der Waals surface area (Å²) in [7, 11) is -1.98. The third-order valence-electron chi connectivity index (χ3n) is 14.1. The summed E-state index contributed by atoms with van der Waals surface area (Å²) in [6.45, 7) is -3.46. The molecule has 26 atom stereocenters. The molecule has 11 N–H and O–H groups in total. The van der Waals surface area contributed by atoms with Crippen LogP contribution in [0, 0.1) is 0 Å². The molecule has 0 bridgehead atoms. The minimum Gasteiger partial charge on any atom is -0.726 e. The van der Waals surface area contributed by atoms with E-state index in [1.807, 2.05) is 0 Å². The van der Waals surface area contributed by atoms with Crippen molar-refractivity contribution < 1.29 is 160 Å². The first-order chi connectivity index (χ1) is 38.7. The third-order valence-corrected chi connectivity index (χ3v) is 14.9. The fourth-order valence-corrected chi connectivity index (χ4v) is 11.0. The molecule has 478 valence electrons. The van der Waals surface area contributed by atoms with Crippen LogP contribution in [0.25, 0.3) is 0 Å². The first kappa shape index (κ1) is 70.0. The number of carbonyl (C=O) groups excluding carboxylic acids is 1. The average Bonchev–Trinajstić information content (AvgIpc) is 3.20. The second-order valence-corrected chi connectivity index (χ2v) is 20.8. The summed E-state index contributed by atoms with van der Waals surface area (Å²) < 4.78 is 180. The molecule has 1 amide bonds. The van der Waals surface area contributed by atoms with Gasteiger partial charge in [-0.3, -0.25) is 13.2 Å². The van der Waals surface area contributed by atoms with E-state index in [0.717, 1.165) is 28.4 Å². The molecule has 82 heavy (non-hydrogen) atoms. The smallest absolute Gasteiger partial charge is 0.335 e. The summed E-state index contributed by atoms with van der Waals surface area (Å²) in [5.74, 6) is -4.23. The van der Waals surface area contributed by atoms with Gasteiger partial charge in [0, 0.05) is 70.0 Å². The predicted molar refractivity (Wildman–Crippen MR) is 256 cm³/mol. The zero-order valence-electron chi connectivity index (χ0n) is 45.3. The van der Waals surface area contributed by atoms with Crippen LogP contribution in [0.3, 0.4) is 0 Å². The Morgan fingerprint density at radius 1 is 0.512 bits per heavy atom. The van der Waals surface area contributed by atoms with Crippen LogP contribution < -0.4 is 16.8 Å². The number of hydrogen-bond acceptors (Lipinski definition) is 34. The first-order valence-electron chi connectivity index (χ1n) is 24.9. The normalized spacial score (nSPS) is 40.7. The van der Waals surface area contributed by atoms with Gasteiger partial charge in [-0.25, -0.2) is 26.4 Å². The van der Waals surface area contributed by atoms with Gasteiger partial charge < -0.3 is 137 Å². The standard InChI is InChI=1S/C43H75N3O34S2/c1-62-23-16(9-10-46-37(51)15(45)11-44)71-19(14-70-81(56,57)58)25(31(23)80-82(59,60)61)75-43-36(69-8)27(65-4)29(32(79-43)38(52)53)76-40-21(50)20(49)22(17(12-47)72-40)74-42-35(68-7)28(66-5)30(33(78-42)39(54)55)77-41-34(67-6)26(64-3)24(63-2)18(13-48)73-41/h15-36,40-43,47-50H,9-14,44-45H2,1-8H3,(H,46,51)(H,52,53)(H,54,55)(H,56,57,58)(H,59,60,61)/p-2/t15-,16-,17-,18-,19-,20-,21-,22-,23+,24-,25-,26+,27+,28+,29+,30+,31-,32-,33+,34-,35-,36-,40-,41-,42-,43-/m1/s1. The number of carboxylic acid groups (broad SMARTS) is 2. The Bertz CT molecular complexity index is 2250.